The zero-order chi connectivity index (χ0) is 8.43. The first-order valence-electron chi connectivity index (χ1n) is 3.31. The molecule has 0 bridgehead atoms. The number of rotatable bonds is 1. The van der Waals surface area contributed by atoms with E-state index in [-0.39, 0.29) is 11.5 Å². The molecule has 3 heteroatoms. The SMILES string of the molecule is CC(O)c1cc(O)ccc1O. The lowest BCUT2D eigenvalue weighted by Gasteiger charge is -2.06. The monoisotopic (exact) mass is 154 g/mol. The molecule has 3 nitrogen and oxygen atoms in total. The summed E-state index contributed by atoms with van der Waals surface area (Å²) in [6.45, 7) is 1.52. The van der Waals surface area contributed by atoms with Gasteiger partial charge < -0.3 is 15.3 Å². The van der Waals surface area contributed by atoms with Crippen LogP contribution in [-0.2, 0) is 0 Å². The minimum absolute atomic E-state index is 0.00204. The predicted octanol–water partition coefficient (Wildman–Crippen LogP) is 1.15. The van der Waals surface area contributed by atoms with Crippen molar-refractivity contribution < 1.29 is 15.3 Å². The van der Waals surface area contributed by atoms with Crippen molar-refractivity contribution in [2.45, 2.75) is 13.0 Å². The summed E-state index contributed by atoms with van der Waals surface area (Å²) >= 11 is 0. The van der Waals surface area contributed by atoms with Crippen molar-refractivity contribution in [3.05, 3.63) is 23.8 Å². The number of phenolic OH excluding ortho intramolecular Hbond substituents is 2. The van der Waals surface area contributed by atoms with E-state index in [4.69, 9.17) is 15.3 Å². The maximum Gasteiger partial charge on any atom is 0.121 e. The fourth-order valence-corrected chi connectivity index (χ4v) is 0.877. The largest absolute Gasteiger partial charge is 0.508 e. The molecule has 1 atom stereocenters. The van der Waals surface area contributed by atoms with Gasteiger partial charge >= 0.3 is 0 Å². The van der Waals surface area contributed by atoms with Crippen LogP contribution in [0.4, 0.5) is 0 Å². The predicted molar refractivity (Wildman–Crippen MR) is 40.4 cm³/mol. The second kappa shape index (κ2) is 2.80. The smallest absolute Gasteiger partial charge is 0.121 e. The molecule has 1 unspecified atom stereocenters. The Morgan fingerprint density at radius 1 is 1.27 bits per heavy atom. The Bertz CT molecular complexity index is 256. The van der Waals surface area contributed by atoms with Crippen molar-refractivity contribution in [3.63, 3.8) is 0 Å². The van der Waals surface area contributed by atoms with Crippen molar-refractivity contribution in [2.75, 3.05) is 0 Å². The average Bonchev–Trinajstić information content (AvgIpc) is 1.94. The van der Waals surface area contributed by atoms with Crippen LogP contribution in [0.15, 0.2) is 18.2 Å². The molecule has 0 saturated carbocycles. The summed E-state index contributed by atoms with van der Waals surface area (Å²) in [7, 11) is 0. The highest BCUT2D eigenvalue weighted by molar-refractivity contribution is 5.39. The van der Waals surface area contributed by atoms with Gasteiger partial charge in [-0.05, 0) is 25.1 Å². The van der Waals surface area contributed by atoms with Crippen LogP contribution in [0.2, 0.25) is 0 Å². The van der Waals surface area contributed by atoms with Gasteiger partial charge in [0.2, 0.25) is 0 Å². The van der Waals surface area contributed by atoms with Gasteiger partial charge in [-0.25, -0.2) is 0 Å². The molecule has 11 heavy (non-hydrogen) atoms. The van der Waals surface area contributed by atoms with Crippen LogP contribution in [0.25, 0.3) is 0 Å². The molecule has 0 heterocycles. The summed E-state index contributed by atoms with van der Waals surface area (Å²) in [6.07, 6.45) is -0.762. The molecule has 60 valence electrons. The topological polar surface area (TPSA) is 60.7 Å². The van der Waals surface area contributed by atoms with Crippen LogP contribution in [0.5, 0.6) is 11.5 Å². The normalized spacial score (nSPS) is 12.9. The van der Waals surface area contributed by atoms with Gasteiger partial charge in [-0.15, -0.1) is 0 Å². The van der Waals surface area contributed by atoms with Crippen LogP contribution in [0.1, 0.15) is 18.6 Å². The highest BCUT2D eigenvalue weighted by atomic mass is 16.3. The Kier molecular flexibility index (Phi) is 2.01. The summed E-state index contributed by atoms with van der Waals surface area (Å²) in [5.74, 6) is 0.0384. The Labute approximate surface area is 64.5 Å². The lowest BCUT2D eigenvalue weighted by molar-refractivity contribution is 0.194. The number of aromatic hydroxyl groups is 2. The van der Waals surface area contributed by atoms with E-state index in [0.717, 1.165) is 0 Å². The van der Waals surface area contributed by atoms with Crippen LogP contribution < -0.4 is 0 Å². The third-order valence-corrected chi connectivity index (χ3v) is 1.46. The first-order chi connectivity index (χ1) is 5.11. The molecule has 1 aromatic carbocycles. The Balaban J connectivity index is 3.13. The van der Waals surface area contributed by atoms with Crippen molar-refractivity contribution in [2.24, 2.45) is 0 Å². The summed E-state index contributed by atoms with van der Waals surface area (Å²) in [5.41, 5.74) is 0.338. The van der Waals surface area contributed by atoms with Gasteiger partial charge in [0.1, 0.15) is 11.5 Å². The molecule has 0 aromatic heterocycles. The number of hydrogen-bond acceptors (Lipinski definition) is 3. The van der Waals surface area contributed by atoms with Gasteiger partial charge in [0.05, 0.1) is 6.10 Å². The molecule has 0 aliphatic heterocycles. The van der Waals surface area contributed by atoms with E-state index >= 15 is 0 Å². The maximum atomic E-state index is 9.13. The summed E-state index contributed by atoms with van der Waals surface area (Å²) in [6, 6.07) is 4.04. The highest BCUT2D eigenvalue weighted by Crippen LogP contribution is 2.27. The molecule has 1 rings (SSSR count). The van der Waals surface area contributed by atoms with Crippen molar-refractivity contribution in [3.8, 4) is 11.5 Å². The van der Waals surface area contributed by atoms with Gasteiger partial charge in [-0.3, -0.25) is 0 Å². The summed E-state index contributed by atoms with van der Waals surface area (Å²) in [5, 5.41) is 27.2. The van der Waals surface area contributed by atoms with Crippen LogP contribution in [-0.4, -0.2) is 15.3 Å². The molecule has 0 amide bonds. The number of hydrogen-bond donors (Lipinski definition) is 3. The van der Waals surface area contributed by atoms with Crippen LogP contribution >= 0.6 is 0 Å². The molecule has 0 radical (unpaired) electrons. The van der Waals surface area contributed by atoms with E-state index in [1.54, 1.807) is 0 Å². The second-order valence-electron chi connectivity index (χ2n) is 2.42. The van der Waals surface area contributed by atoms with Crippen LogP contribution in [0, 0.1) is 0 Å². The van der Waals surface area contributed by atoms with E-state index < -0.39 is 6.10 Å². The Morgan fingerprint density at radius 3 is 2.36 bits per heavy atom. The van der Waals surface area contributed by atoms with Gasteiger partial charge in [-0.1, -0.05) is 0 Å². The van der Waals surface area contributed by atoms with E-state index in [1.165, 1.54) is 25.1 Å². The number of aliphatic hydroxyl groups excluding tert-OH is 1. The summed E-state index contributed by atoms with van der Waals surface area (Å²) in [4.78, 5) is 0. The van der Waals surface area contributed by atoms with E-state index in [2.05, 4.69) is 0 Å². The number of aliphatic hydroxyl groups is 1. The first-order valence-corrected chi connectivity index (χ1v) is 3.31. The Hall–Kier alpha value is -1.22. The molecular formula is C8H10O3. The first kappa shape index (κ1) is 7.88. The lowest BCUT2D eigenvalue weighted by atomic mass is 10.1. The van der Waals surface area contributed by atoms with E-state index in [0.29, 0.717) is 5.56 Å². The fourth-order valence-electron chi connectivity index (χ4n) is 0.877. The van der Waals surface area contributed by atoms with Crippen LogP contribution in [0.3, 0.4) is 0 Å². The van der Waals surface area contributed by atoms with E-state index in [1.807, 2.05) is 0 Å². The van der Waals surface area contributed by atoms with Crippen molar-refractivity contribution in [1.82, 2.24) is 0 Å². The highest BCUT2D eigenvalue weighted by Gasteiger charge is 2.06. The van der Waals surface area contributed by atoms with Crippen molar-refractivity contribution in [1.29, 1.82) is 0 Å². The molecule has 1 aromatic rings. The molecule has 0 saturated heterocycles. The quantitative estimate of drug-likeness (QED) is 0.532. The van der Waals surface area contributed by atoms with Gasteiger partial charge in [-0.2, -0.15) is 0 Å². The molecular weight excluding hydrogens is 144 g/mol. The molecule has 0 spiro atoms. The number of phenols is 2. The van der Waals surface area contributed by atoms with E-state index in [9.17, 15) is 0 Å². The Morgan fingerprint density at radius 2 is 1.91 bits per heavy atom. The third kappa shape index (κ3) is 1.62. The molecule has 0 aliphatic carbocycles. The minimum Gasteiger partial charge on any atom is -0.508 e. The van der Waals surface area contributed by atoms with Gasteiger partial charge in [0.25, 0.3) is 0 Å². The molecule has 3 N–H and O–H groups in total. The fraction of sp³-hybridized carbons (Fsp3) is 0.250. The third-order valence-electron chi connectivity index (χ3n) is 1.46. The van der Waals surface area contributed by atoms with Gasteiger partial charge in [0.15, 0.2) is 0 Å². The standard InChI is InChI=1S/C8H10O3/c1-5(9)7-4-6(10)2-3-8(7)11/h2-5,9-11H,1H3. The second-order valence-corrected chi connectivity index (χ2v) is 2.42. The lowest BCUT2D eigenvalue weighted by Crippen LogP contribution is -1.90. The average molecular weight is 154 g/mol. The zero-order valence-corrected chi connectivity index (χ0v) is 6.15. The van der Waals surface area contributed by atoms with Gasteiger partial charge in [0, 0.05) is 5.56 Å². The van der Waals surface area contributed by atoms with Crippen molar-refractivity contribution >= 4 is 0 Å². The molecule has 0 aliphatic rings. The molecule has 0 fully saturated rings. The summed E-state index contributed by atoms with van der Waals surface area (Å²) < 4.78 is 0. The number of benzene rings is 1. The minimum atomic E-state index is -0.762. The maximum absolute atomic E-state index is 9.13. The zero-order valence-electron chi connectivity index (χ0n) is 6.15.